The quantitative estimate of drug-likeness (QED) is 0.577. The highest BCUT2D eigenvalue weighted by molar-refractivity contribution is 7.80. The van der Waals surface area contributed by atoms with Crippen molar-refractivity contribution in [3.8, 4) is 0 Å². The third-order valence-electron chi connectivity index (χ3n) is 1.73. The maximum Gasteiger partial charge on any atom is 0.425 e. The van der Waals surface area contributed by atoms with Crippen molar-refractivity contribution in [2.75, 3.05) is 11.9 Å². The van der Waals surface area contributed by atoms with Crippen LogP contribution in [-0.2, 0) is 4.74 Å². The number of carbonyl (C=O) groups is 1. The minimum absolute atomic E-state index is 0.0267. The van der Waals surface area contributed by atoms with Gasteiger partial charge in [-0.25, -0.2) is 14.6 Å². The van der Waals surface area contributed by atoms with Crippen molar-refractivity contribution in [3.63, 3.8) is 0 Å². The molecule has 0 fully saturated rings. The molecule has 0 radical (unpaired) electrons. The zero-order chi connectivity index (χ0) is 13.5. The van der Waals surface area contributed by atoms with Crippen molar-refractivity contribution in [1.29, 1.82) is 0 Å². The smallest absolute Gasteiger partial charge is 0.425 e. The van der Waals surface area contributed by atoms with E-state index in [-0.39, 0.29) is 16.7 Å². The van der Waals surface area contributed by atoms with Gasteiger partial charge in [0.25, 0.3) is 0 Å². The van der Waals surface area contributed by atoms with Crippen LogP contribution in [0, 0.1) is 5.82 Å². The van der Waals surface area contributed by atoms with Crippen molar-refractivity contribution in [3.05, 3.63) is 29.0 Å². The van der Waals surface area contributed by atoms with E-state index in [1.807, 2.05) is 0 Å². The van der Waals surface area contributed by atoms with Crippen molar-refractivity contribution in [2.24, 2.45) is 0 Å². The number of ether oxygens (including phenoxy) is 1. The number of nitrogens with one attached hydrogen (secondary N) is 3. The molecule has 0 bridgehead atoms. The Balaban J connectivity index is 2.44. The van der Waals surface area contributed by atoms with Gasteiger partial charge in [-0.2, -0.15) is 0 Å². The first-order chi connectivity index (χ1) is 8.52. The summed E-state index contributed by atoms with van der Waals surface area (Å²) in [7, 11) is 0. The van der Waals surface area contributed by atoms with Gasteiger partial charge in [0, 0.05) is 5.69 Å². The SMILES string of the molecule is CCOC(=O)NNC(=S)Nc1ccc(F)c(Cl)c1. The summed E-state index contributed by atoms with van der Waals surface area (Å²) in [5.74, 6) is -0.522. The van der Waals surface area contributed by atoms with Crippen LogP contribution in [0.1, 0.15) is 6.92 Å². The molecule has 0 heterocycles. The highest BCUT2D eigenvalue weighted by atomic mass is 35.5. The average Bonchev–Trinajstić information content (AvgIpc) is 2.32. The fourth-order valence-corrected chi connectivity index (χ4v) is 1.36. The Kier molecular flexibility index (Phi) is 5.60. The lowest BCUT2D eigenvalue weighted by Gasteiger charge is -2.11. The van der Waals surface area contributed by atoms with Crippen LogP contribution in [0.2, 0.25) is 5.02 Å². The predicted octanol–water partition coefficient (Wildman–Crippen LogP) is 2.43. The maximum atomic E-state index is 12.9. The number of hydrogen-bond acceptors (Lipinski definition) is 3. The van der Waals surface area contributed by atoms with Crippen LogP contribution in [0.25, 0.3) is 0 Å². The summed E-state index contributed by atoms with van der Waals surface area (Å²) >= 11 is 10.5. The minimum Gasteiger partial charge on any atom is -0.449 e. The molecular formula is C10H11ClFN3O2S. The summed E-state index contributed by atoms with van der Waals surface area (Å²) in [6.07, 6.45) is -0.654. The Hall–Kier alpha value is -1.60. The number of rotatable bonds is 2. The Bertz CT molecular complexity index is 459. The second-order valence-electron chi connectivity index (χ2n) is 3.05. The topological polar surface area (TPSA) is 62.4 Å². The number of amides is 1. The van der Waals surface area contributed by atoms with E-state index >= 15 is 0 Å². The summed E-state index contributed by atoms with van der Waals surface area (Å²) < 4.78 is 17.5. The van der Waals surface area contributed by atoms with Gasteiger partial charge in [-0.15, -0.1) is 0 Å². The normalized spacial score (nSPS) is 9.50. The Morgan fingerprint density at radius 3 is 2.83 bits per heavy atom. The average molecular weight is 292 g/mol. The molecule has 0 saturated heterocycles. The lowest BCUT2D eigenvalue weighted by atomic mass is 10.3. The van der Waals surface area contributed by atoms with Gasteiger partial charge in [-0.1, -0.05) is 11.6 Å². The molecule has 1 aromatic rings. The number of hydrazine groups is 1. The van der Waals surface area contributed by atoms with Crippen LogP contribution in [0.4, 0.5) is 14.9 Å². The van der Waals surface area contributed by atoms with Crippen LogP contribution in [0.5, 0.6) is 0 Å². The number of thiocarbonyl (C=S) groups is 1. The number of benzene rings is 1. The van der Waals surface area contributed by atoms with Crippen LogP contribution in [0.3, 0.4) is 0 Å². The third-order valence-corrected chi connectivity index (χ3v) is 2.22. The van der Waals surface area contributed by atoms with Gasteiger partial charge in [0.1, 0.15) is 5.82 Å². The monoisotopic (exact) mass is 291 g/mol. The van der Waals surface area contributed by atoms with Crippen LogP contribution in [0.15, 0.2) is 18.2 Å². The molecule has 8 heteroatoms. The van der Waals surface area contributed by atoms with E-state index < -0.39 is 11.9 Å². The second-order valence-corrected chi connectivity index (χ2v) is 3.87. The van der Waals surface area contributed by atoms with Gasteiger partial charge in [-0.3, -0.25) is 5.43 Å². The molecule has 0 saturated carbocycles. The third kappa shape index (κ3) is 4.72. The maximum absolute atomic E-state index is 12.9. The predicted molar refractivity (Wildman–Crippen MR) is 70.9 cm³/mol. The van der Waals surface area contributed by atoms with Crippen molar-refractivity contribution < 1.29 is 13.9 Å². The molecular weight excluding hydrogens is 281 g/mol. The van der Waals surface area contributed by atoms with E-state index in [1.165, 1.54) is 18.2 Å². The number of carbonyl (C=O) groups excluding carboxylic acids is 1. The largest absolute Gasteiger partial charge is 0.449 e. The highest BCUT2D eigenvalue weighted by Gasteiger charge is 2.04. The molecule has 0 aromatic heterocycles. The molecule has 1 rings (SSSR count). The molecule has 0 aliphatic heterocycles. The van der Waals surface area contributed by atoms with Gasteiger partial charge >= 0.3 is 6.09 Å². The molecule has 18 heavy (non-hydrogen) atoms. The molecule has 3 N–H and O–H groups in total. The Labute approximate surface area is 114 Å². The van der Waals surface area contributed by atoms with Crippen LogP contribution >= 0.6 is 23.8 Å². The first-order valence-electron chi connectivity index (χ1n) is 4.97. The second kappa shape index (κ2) is 6.97. The lowest BCUT2D eigenvalue weighted by molar-refractivity contribution is 0.150. The molecule has 0 atom stereocenters. The molecule has 1 aromatic carbocycles. The van der Waals surface area contributed by atoms with E-state index in [4.69, 9.17) is 23.8 Å². The number of anilines is 1. The highest BCUT2D eigenvalue weighted by Crippen LogP contribution is 2.19. The van der Waals surface area contributed by atoms with Gasteiger partial charge in [0.2, 0.25) is 0 Å². The first kappa shape index (κ1) is 14.5. The van der Waals surface area contributed by atoms with Crippen LogP contribution in [-0.4, -0.2) is 17.8 Å². The molecule has 0 spiro atoms. The Morgan fingerprint density at radius 1 is 1.50 bits per heavy atom. The summed E-state index contributed by atoms with van der Waals surface area (Å²) in [6, 6.07) is 4.03. The number of halogens is 2. The van der Waals surface area contributed by atoms with E-state index in [2.05, 4.69) is 20.9 Å². The Morgan fingerprint density at radius 2 is 2.22 bits per heavy atom. The number of hydrogen-bond donors (Lipinski definition) is 3. The fraction of sp³-hybridized carbons (Fsp3) is 0.200. The fourth-order valence-electron chi connectivity index (χ4n) is 1.01. The molecule has 5 nitrogen and oxygen atoms in total. The van der Waals surface area contributed by atoms with Gasteiger partial charge in [0.05, 0.1) is 11.6 Å². The molecule has 98 valence electrons. The van der Waals surface area contributed by atoms with E-state index in [0.29, 0.717) is 5.69 Å². The van der Waals surface area contributed by atoms with Crippen LogP contribution < -0.4 is 16.2 Å². The van der Waals surface area contributed by atoms with E-state index in [1.54, 1.807) is 6.92 Å². The summed E-state index contributed by atoms with van der Waals surface area (Å²) in [6.45, 7) is 1.93. The summed E-state index contributed by atoms with van der Waals surface area (Å²) in [4.78, 5) is 10.9. The summed E-state index contributed by atoms with van der Waals surface area (Å²) in [5.41, 5.74) is 5.11. The van der Waals surface area contributed by atoms with Gasteiger partial charge in [-0.05, 0) is 37.3 Å². The van der Waals surface area contributed by atoms with Gasteiger partial charge in [0.15, 0.2) is 5.11 Å². The zero-order valence-corrected chi connectivity index (χ0v) is 11.0. The first-order valence-corrected chi connectivity index (χ1v) is 5.76. The molecule has 0 unspecified atom stereocenters. The van der Waals surface area contributed by atoms with Gasteiger partial charge < -0.3 is 10.1 Å². The standard InChI is InChI=1S/C10H11ClFN3O2S/c1-2-17-10(16)15-14-9(18)13-6-3-4-8(12)7(11)5-6/h3-5H,2H2,1H3,(H,15,16)(H2,13,14,18). The molecule has 0 aliphatic carbocycles. The van der Waals surface area contributed by atoms with Crippen molar-refractivity contribution >= 4 is 40.7 Å². The van der Waals surface area contributed by atoms with Crippen molar-refractivity contribution in [2.45, 2.75) is 6.92 Å². The van der Waals surface area contributed by atoms with E-state index in [9.17, 15) is 9.18 Å². The molecule has 1 amide bonds. The molecule has 0 aliphatic rings. The lowest BCUT2D eigenvalue weighted by Crippen LogP contribution is -2.44. The zero-order valence-electron chi connectivity index (χ0n) is 9.42. The van der Waals surface area contributed by atoms with E-state index in [0.717, 1.165) is 0 Å². The summed E-state index contributed by atoms with van der Waals surface area (Å²) in [5, 5.41) is 2.80. The van der Waals surface area contributed by atoms with Crippen molar-refractivity contribution in [1.82, 2.24) is 10.9 Å². The minimum atomic E-state index is -0.654.